The largest absolute Gasteiger partial charge is 0.481 e. The van der Waals surface area contributed by atoms with Crippen LogP contribution in [0.5, 0.6) is 0 Å². The molecular weight excluding hydrogens is 320 g/mol. The molecule has 0 aromatic heterocycles. The molecule has 25 heavy (non-hydrogen) atoms. The van der Waals surface area contributed by atoms with E-state index in [9.17, 15) is 19.5 Å². The standard InChI is InChI=1S/C19H28N2O4/c1-3-11-20-17(22)9-6-10-18(23)21-13-16(19(24)25)12-15-8-5-4-7-14(15)2/h4-5,7-8,16H,3,6,9-13H2,1-2H3,(H,20,22)(H,21,23)(H,24,25). The minimum Gasteiger partial charge on any atom is -0.481 e. The van der Waals surface area contributed by atoms with Gasteiger partial charge in [0.25, 0.3) is 0 Å². The van der Waals surface area contributed by atoms with Gasteiger partial charge in [0.15, 0.2) is 0 Å². The number of carboxylic acids is 1. The summed E-state index contributed by atoms with van der Waals surface area (Å²) in [6.07, 6.45) is 2.23. The summed E-state index contributed by atoms with van der Waals surface area (Å²) < 4.78 is 0. The van der Waals surface area contributed by atoms with Gasteiger partial charge in [0.2, 0.25) is 11.8 Å². The van der Waals surface area contributed by atoms with E-state index in [0.29, 0.717) is 25.8 Å². The molecule has 0 aliphatic rings. The third-order valence-corrected chi connectivity index (χ3v) is 4.00. The lowest BCUT2D eigenvalue weighted by atomic mass is 9.96. The van der Waals surface area contributed by atoms with Crippen molar-refractivity contribution in [1.29, 1.82) is 0 Å². The van der Waals surface area contributed by atoms with Gasteiger partial charge in [-0.1, -0.05) is 31.2 Å². The van der Waals surface area contributed by atoms with Crippen LogP contribution in [-0.4, -0.2) is 36.0 Å². The van der Waals surface area contributed by atoms with Crippen molar-refractivity contribution in [3.63, 3.8) is 0 Å². The Kier molecular flexibility index (Phi) is 9.29. The second-order valence-corrected chi connectivity index (χ2v) is 6.17. The fourth-order valence-corrected chi connectivity index (χ4v) is 2.44. The van der Waals surface area contributed by atoms with E-state index in [-0.39, 0.29) is 24.8 Å². The number of nitrogens with one attached hydrogen (secondary N) is 2. The van der Waals surface area contributed by atoms with Crippen LogP contribution in [0.2, 0.25) is 0 Å². The first-order chi connectivity index (χ1) is 11.9. The summed E-state index contributed by atoms with van der Waals surface area (Å²) in [6, 6.07) is 7.63. The number of carboxylic acid groups (broad SMARTS) is 1. The summed E-state index contributed by atoms with van der Waals surface area (Å²) in [5, 5.41) is 14.8. The summed E-state index contributed by atoms with van der Waals surface area (Å²) >= 11 is 0. The molecule has 1 aromatic carbocycles. The Morgan fingerprint density at radius 2 is 1.72 bits per heavy atom. The Bertz CT molecular complexity index is 587. The van der Waals surface area contributed by atoms with Crippen molar-refractivity contribution < 1.29 is 19.5 Å². The summed E-state index contributed by atoms with van der Waals surface area (Å²) in [5.74, 6) is -1.88. The number of rotatable bonds is 11. The molecule has 0 aliphatic heterocycles. The predicted molar refractivity (Wildman–Crippen MR) is 96.2 cm³/mol. The Balaban J connectivity index is 2.37. The Hall–Kier alpha value is -2.37. The quantitative estimate of drug-likeness (QED) is 0.570. The predicted octanol–water partition coefficient (Wildman–Crippen LogP) is 2.05. The van der Waals surface area contributed by atoms with E-state index in [0.717, 1.165) is 17.5 Å². The van der Waals surface area contributed by atoms with Crippen molar-refractivity contribution in [2.75, 3.05) is 13.1 Å². The van der Waals surface area contributed by atoms with E-state index >= 15 is 0 Å². The van der Waals surface area contributed by atoms with E-state index in [1.54, 1.807) is 0 Å². The van der Waals surface area contributed by atoms with Crippen LogP contribution in [0.4, 0.5) is 0 Å². The smallest absolute Gasteiger partial charge is 0.308 e. The van der Waals surface area contributed by atoms with Crippen LogP contribution < -0.4 is 10.6 Å². The van der Waals surface area contributed by atoms with Gasteiger partial charge in [-0.05, 0) is 37.3 Å². The number of amides is 2. The molecule has 0 heterocycles. The van der Waals surface area contributed by atoms with Crippen LogP contribution in [0.25, 0.3) is 0 Å². The number of carbonyl (C=O) groups excluding carboxylic acids is 2. The van der Waals surface area contributed by atoms with Crippen molar-refractivity contribution in [3.8, 4) is 0 Å². The summed E-state index contributed by atoms with van der Waals surface area (Å²) in [4.78, 5) is 34.7. The van der Waals surface area contributed by atoms with Gasteiger partial charge in [-0.15, -0.1) is 0 Å². The first-order valence-corrected chi connectivity index (χ1v) is 8.74. The molecule has 138 valence electrons. The average Bonchev–Trinajstić information content (AvgIpc) is 2.58. The van der Waals surface area contributed by atoms with Gasteiger partial charge < -0.3 is 15.7 Å². The van der Waals surface area contributed by atoms with Gasteiger partial charge in [-0.3, -0.25) is 14.4 Å². The van der Waals surface area contributed by atoms with Crippen LogP contribution in [0.1, 0.15) is 43.7 Å². The zero-order chi connectivity index (χ0) is 18.7. The topological polar surface area (TPSA) is 95.5 Å². The van der Waals surface area contributed by atoms with Crippen molar-refractivity contribution >= 4 is 17.8 Å². The zero-order valence-corrected chi connectivity index (χ0v) is 15.0. The molecule has 3 N–H and O–H groups in total. The normalized spacial score (nSPS) is 11.6. The van der Waals surface area contributed by atoms with E-state index in [4.69, 9.17) is 0 Å². The van der Waals surface area contributed by atoms with Crippen LogP contribution in [0, 0.1) is 12.8 Å². The highest BCUT2D eigenvalue weighted by molar-refractivity contribution is 5.79. The molecule has 1 rings (SSSR count). The van der Waals surface area contributed by atoms with Crippen molar-refractivity contribution in [1.82, 2.24) is 10.6 Å². The van der Waals surface area contributed by atoms with E-state index in [1.807, 2.05) is 38.1 Å². The molecule has 1 aromatic rings. The summed E-state index contributed by atoms with van der Waals surface area (Å²) in [7, 11) is 0. The zero-order valence-electron chi connectivity index (χ0n) is 15.0. The second kappa shape index (κ2) is 11.2. The molecule has 6 heteroatoms. The summed E-state index contributed by atoms with van der Waals surface area (Å²) in [6.45, 7) is 4.65. The van der Waals surface area contributed by atoms with Crippen LogP contribution in [0.3, 0.4) is 0 Å². The lowest BCUT2D eigenvalue weighted by Crippen LogP contribution is -2.34. The van der Waals surface area contributed by atoms with Gasteiger partial charge in [0.1, 0.15) is 0 Å². The lowest BCUT2D eigenvalue weighted by Gasteiger charge is -2.15. The van der Waals surface area contributed by atoms with Gasteiger partial charge in [-0.2, -0.15) is 0 Å². The van der Waals surface area contributed by atoms with E-state index < -0.39 is 11.9 Å². The van der Waals surface area contributed by atoms with Gasteiger partial charge in [0, 0.05) is 25.9 Å². The van der Waals surface area contributed by atoms with Crippen LogP contribution in [0.15, 0.2) is 24.3 Å². The van der Waals surface area contributed by atoms with E-state index in [2.05, 4.69) is 10.6 Å². The number of hydrogen-bond donors (Lipinski definition) is 3. The molecule has 0 saturated heterocycles. The molecule has 0 saturated carbocycles. The molecule has 6 nitrogen and oxygen atoms in total. The number of aryl methyl sites for hydroxylation is 1. The molecule has 0 spiro atoms. The maximum absolute atomic E-state index is 11.8. The average molecular weight is 348 g/mol. The monoisotopic (exact) mass is 348 g/mol. The number of carbonyl (C=O) groups is 3. The van der Waals surface area contributed by atoms with E-state index in [1.165, 1.54) is 0 Å². The Morgan fingerprint density at radius 3 is 2.32 bits per heavy atom. The molecule has 0 aliphatic carbocycles. The molecule has 0 radical (unpaired) electrons. The highest BCUT2D eigenvalue weighted by Gasteiger charge is 2.19. The number of hydrogen-bond acceptors (Lipinski definition) is 3. The number of aliphatic carboxylic acids is 1. The van der Waals surface area contributed by atoms with Crippen molar-refractivity contribution in [3.05, 3.63) is 35.4 Å². The van der Waals surface area contributed by atoms with Gasteiger partial charge in [0.05, 0.1) is 5.92 Å². The van der Waals surface area contributed by atoms with Crippen LogP contribution in [-0.2, 0) is 20.8 Å². The molecule has 0 fully saturated rings. The highest BCUT2D eigenvalue weighted by Crippen LogP contribution is 2.13. The molecule has 2 amide bonds. The Morgan fingerprint density at radius 1 is 1.08 bits per heavy atom. The van der Waals surface area contributed by atoms with Gasteiger partial charge in [-0.25, -0.2) is 0 Å². The maximum Gasteiger partial charge on any atom is 0.308 e. The minimum atomic E-state index is -0.928. The molecule has 1 atom stereocenters. The molecular formula is C19H28N2O4. The first kappa shape index (κ1) is 20.7. The fourth-order valence-electron chi connectivity index (χ4n) is 2.44. The SMILES string of the molecule is CCCNC(=O)CCCC(=O)NCC(Cc1ccccc1C)C(=O)O. The molecule has 1 unspecified atom stereocenters. The van der Waals surface area contributed by atoms with Crippen LogP contribution >= 0.6 is 0 Å². The maximum atomic E-state index is 11.8. The number of benzene rings is 1. The summed E-state index contributed by atoms with van der Waals surface area (Å²) in [5.41, 5.74) is 2.01. The molecule has 0 bridgehead atoms. The van der Waals surface area contributed by atoms with Crippen molar-refractivity contribution in [2.45, 2.75) is 46.0 Å². The highest BCUT2D eigenvalue weighted by atomic mass is 16.4. The fraction of sp³-hybridized carbons (Fsp3) is 0.526. The lowest BCUT2D eigenvalue weighted by molar-refractivity contribution is -0.141. The Labute approximate surface area is 149 Å². The second-order valence-electron chi connectivity index (χ2n) is 6.17. The third kappa shape index (κ3) is 8.33. The minimum absolute atomic E-state index is 0.0578. The van der Waals surface area contributed by atoms with Gasteiger partial charge >= 0.3 is 5.97 Å². The third-order valence-electron chi connectivity index (χ3n) is 4.00. The first-order valence-electron chi connectivity index (χ1n) is 8.74. The van der Waals surface area contributed by atoms with Crippen molar-refractivity contribution in [2.24, 2.45) is 5.92 Å².